The largest absolute Gasteiger partial charge is 0.458 e. The Kier molecular flexibility index (Phi) is 6.50. The predicted octanol–water partition coefficient (Wildman–Crippen LogP) is 5.22. The van der Waals surface area contributed by atoms with Gasteiger partial charge in [0.1, 0.15) is 6.10 Å². The van der Waals surface area contributed by atoms with Crippen LogP contribution < -0.4 is 0 Å². The molecule has 0 aliphatic carbocycles. The third-order valence-electron chi connectivity index (χ3n) is 4.47. The Morgan fingerprint density at radius 1 is 0.923 bits per heavy atom. The van der Waals surface area contributed by atoms with Gasteiger partial charge in [-0.15, -0.1) is 0 Å². The molecule has 0 heterocycles. The van der Waals surface area contributed by atoms with Crippen LogP contribution in [0.5, 0.6) is 0 Å². The van der Waals surface area contributed by atoms with Crippen LogP contribution >= 0.6 is 0 Å². The summed E-state index contributed by atoms with van der Waals surface area (Å²) < 4.78 is 5.87. The van der Waals surface area contributed by atoms with E-state index in [4.69, 9.17) is 4.74 Å². The monoisotopic (exact) mass is 355 g/mol. The molecule has 0 saturated carbocycles. The molecule has 2 atom stereocenters. The highest BCUT2D eigenvalue weighted by Crippen LogP contribution is 2.34. The molecule has 2 rings (SSSR count). The van der Waals surface area contributed by atoms with Crippen molar-refractivity contribution in [1.82, 2.24) is 0 Å². The second kappa shape index (κ2) is 8.61. The summed E-state index contributed by atoms with van der Waals surface area (Å²) in [5.74, 6) is 0.0254. The van der Waals surface area contributed by atoms with E-state index in [1.165, 1.54) is 24.3 Å². The van der Waals surface area contributed by atoms with Crippen molar-refractivity contribution in [2.45, 2.75) is 39.7 Å². The predicted molar refractivity (Wildman–Crippen MR) is 101 cm³/mol. The van der Waals surface area contributed by atoms with Crippen molar-refractivity contribution in [3.63, 3.8) is 0 Å². The van der Waals surface area contributed by atoms with Crippen molar-refractivity contribution in [3.8, 4) is 0 Å². The van der Waals surface area contributed by atoms with E-state index in [-0.39, 0.29) is 29.5 Å². The number of nitro groups is 1. The van der Waals surface area contributed by atoms with Crippen molar-refractivity contribution in [1.29, 1.82) is 0 Å². The van der Waals surface area contributed by atoms with Crippen LogP contribution in [0.25, 0.3) is 0 Å². The second-order valence-electron chi connectivity index (χ2n) is 7.10. The summed E-state index contributed by atoms with van der Waals surface area (Å²) in [6, 6.07) is 15.6. The third kappa shape index (κ3) is 4.69. The number of rotatable bonds is 7. The molecule has 0 saturated heterocycles. The highest BCUT2D eigenvalue weighted by molar-refractivity contribution is 5.89. The first-order valence-corrected chi connectivity index (χ1v) is 8.81. The van der Waals surface area contributed by atoms with Crippen LogP contribution in [-0.4, -0.2) is 17.0 Å². The summed E-state index contributed by atoms with van der Waals surface area (Å²) >= 11 is 0. The molecular formula is C21H25NO4. The highest BCUT2D eigenvalue weighted by Gasteiger charge is 2.32. The van der Waals surface area contributed by atoms with Crippen LogP contribution in [-0.2, 0) is 4.74 Å². The summed E-state index contributed by atoms with van der Waals surface area (Å²) in [7, 11) is 0. The lowest BCUT2D eigenvalue weighted by Gasteiger charge is -2.33. The minimum atomic E-state index is -0.490. The van der Waals surface area contributed by atoms with E-state index < -0.39 is 10.9 Å². The Morgan fingerprint density at radius 2 is 1.50 bits per heavy atom. The van der Waals surface area contributed by atoms with E-state index in [0.717, 1.165) is 5.56 Å². The number of hydrogen-bond donors (Lipinski definition) is 0. The molecule has 0 aliphatic heterocycles. The molecule has 0 N–H and O–H groups in total. The topological polar surface area (TPSA) is 69.4 Å². The number of hydrogen-bond acceptors (Lipinski definition) is 4. The van der Waals surface area contributed by atoms with Gasteiger partial charge < -0.3 is 4.74 Å². The molecule has 0 spiro atoms. The smallest absolute Gasteiger partial charge is 0.338 e. The lowest BCUT2D eigenvalue weighted by molar-refractivity contribution is -0.384. The molecule has 0 bridgehead atoms. The first-order chi connectivity index (χ1) is 12.3. The Labute approximate surface area is 154 Å². The number of carbonyl (C=O) groups is 1. The molecular weight excluding hydrogens is 330 g/mol. The average molecular weight is 355 g/mol. The molecule has 2 aromatic rings. The first-order valence-electron chi connectivity index (χ1n) is 8.81. The van der Waals surface area contributed by atoms with Gasteiger partial charge in [-0.2, -0.15) is 0 Å². The van der Waals surface area contributed by atoms with Gasteiger partial charge in [0.25, 0.3) is 5.69 Å². The van der Waals surface area contributed by atoms with Gasteiger partial charge in [-0.05, 0) is 29.5 Å². The van der Waals surface area contributed by atoms with Gasteiger partial charge in [-0.3, -0.25) is 10.1 Å². The fourth-order valence-electron chi connectivity index (χ4n) is 3.16. The maximum Gasteiger partial charge on any atom is 0.338 e. The zero-order valence-electron chi connectivity index (χ0n) is 15.6. The van der Waals surface area contributed by atoms with E-state index in [1.807, 2.05) is 32.0 Å². The Hall–Kier alpha value is -2.69. The number of benzene rings is 2. The minimum absolute atomic E-state index is 0.0497. The van der Waals surface area contributed by atoms with Crippen LogP contribution in [0.4, 0.5) is 5.69 Å². The number of nitro benzene ring substituents is 1. The van der Waals surface area contributed by atoms with Crippen LogP contribution in [0.1, 0.15) is 49.5 Å². The standard InChI is InChI=1S/C21H25NO4/c1-14(2)19(16-8-6-5-7-9-16)20(15(3)4)26-21(23)17-10-12-18(13-11-17)22(24)25/h5-15,19-20H,1-4H3/t19-,20+/m0/s1. The maximum absolute atomic E-state index is 12.6. The van der Waals surface area contributed by atoms with Gasteiger partial charge in [0, 0.05) is 18.1 Å². The van der Waals surface area contributed by atoms with Gasteiger partial charge in [0.15, 0.2) is 0 Å². The first kappa shape index (κ1) is 19.6. The number of carbonyl (C=O) groups excluding carboxylic acids is 1. The second-order valence-corrected chi connectivity index (χ2v) is 7.10. The minimum Gasteiger partial charge on any atom is -0.458 e. The van der Waals surface area contributed by atoms with Gasteiger partial charge >= 0.3 is 5.97 Å². The molecule has 0 aromatic heterocycles. The van der Waals surface area contributed by atoms with Crippen molar-refractivity contribution in [2.75, 3.05) is 0 Å². The molecule has 0 amide bonds. The van der Waals surface area contributed by atoms with E-state index >= 15 is 0 Å². The van der Waals surface area contributed by atoms with Crippen molar-refractivity contribution >= 4 is 11.7 Å². The normalized spacial score (nSPS) is 13.5. The zero-order chi connectivity index (χ0) is 19.3. The number of ether oxygens (including phenoxy) is 1. The van der Waals surface area contributed by atoms with Crippen LogP contribution in [0, 0.1) is 22.0 Å². The number of nitrogens with zero attached hydrogens (tertiary/aromatic N) is 1. The molecule has 0 fully saturated rings. The van der Waals surface area contributed by atoms with Crippen molar-refractivity contribution < 1.29 is 14.5 Å². The molecule has 0 radical (unpaired) electrons. The summed E-state index contributed by atoms with van der Waals surface area (Å²) in [6.07, 6.45) is -0.292. The Balaban J connectivity index is 2.26. The van der Waals surface area contributed by atoms with Crippen molar-refractivity contribution in [3.05, 3.63) is 75.8 Å². The van der Waals surface area contributed by atoms with Gasteiger partial charge in [-0.1, -0.05) is 58.0 Å². The summed E-state index contributed by atoms with van der Waals surface area (Å²) in [5.41, 5.74) is 1.40. The quantitative estimate of drug-likeness (QED) is 0.388. The molecule has 26 heavy (non-hydrogen) atoms. The number of esters is 1. The Bertz CT molecular complexity index is 738. The van der Waals surface area contributed by atoms with Gasteiger partial charge in [0.2, 0.25) is 0 Å². The van der Waals surface area contributed by atoms with Crippen molar-refractivity contribution in [2.24, 2.45) is 11.8 Å². The molecule has 0 aliphatic rings. The van der Waals surface area contributed by atoms with E-state index in [1.54, 1.807) is 0 Å². The fraction of sp³-hybridized carbons (Fsp3) is 0.381. The number of non-ortho nitro benzene ring substituents is 1. The van der Waals surface area contributed by atoms with Crippen LogP contribution in [0.2, 0.25) is 0 Å². The summed E-state index contributed by atoms with van der Waals surface area (Å²) in [6.45, 7) is 8.30. The van der Waals surface area contributed by atoms with E-state index in [0.29, 0.717) is 5.56 Å². The van der Waals surface area contributed by atoms with Crippen LogP contribution in [0.15, 0.2) is 54.6 Å². The molecule has 5 heteroatoms. The molecule has 138 valence electrons. The molecule has 2 aromatic carbocycles. The summed E-state index contributed by atoms with van der Waals surface area (Å²) in [5, 5.41) is 10.8. The zero-order valence-corrected chi connectivity index (χ0v) is 15.6. The van der Waals surface area contributed by atoms with E-state index in [2.05, 4.69) is 26.0 Å². The summed E-state index contributed by atoms with van der Waals surface area (Å²) in [4.78, 5) is 22.9. The average Bonchev–Trinajstić information content (AvgIpc) is 2.61. The molecule has 5 nitrogen and oxygen atoms in total. The highest BCUT2D eigenvalue weighted by atomic mass is 16.6. The molecule has 0 unspecified atom stereocenters. The third-order valence-corrected chi connectivity index (χ3v) is 4.47. The fourth-order valence-corrected chi connectivity index (χ4v) is 3.16. The van der Waals surface area contributed by atoms with Crippen LogP contribution in [0.3, 0.4) is 0 Å². The van der Waals surface area contributed by atoms with E-state index in [9.17, 15) is 14.9 Å². The van der Waals surface area contributed by atoms with Gasteiger partial charge in [-0.25, -0.2) is 4.79 Å². The Morgan fingerprint density at radius 3 is 1.96 bits per heavy atom. The lowest BCUT2D eigenvalue weighted by atomic mass is 9.79. The maximum atomic E-state index is 12.6. The lowest BCUT2D eigenvalue weighted by Crippen LogP contribution is -2.33. The van der Waals surface area contributed by atoms with Gasteiger partial charge in [0.05, 0.1) is 10.5 Å². The SMILES string of the molecule is CC(C)[C@@H](OC(=O)c1ccc([N+](=O)[O-])cc1)[C@H](c1ccccc1)C(C)C.